The molecule has 13 rings (SSSR count). The maximum atomic E-state index is 7.19. The van der Waals surface area contributed by atoms with Crippen molar-refractivity contribution in [2.45, 2.75) is 0 Å². The third kappa shape index (κ3) is 5.48. The van der Waals surface area contributed by atoms with Gasteiger partial charge in [-0.2, -0.15) is 0 Å². The molecule has 6 heteroatoms. The van der Waals surface area contributed by atoms with Crippen molar-refractivity contribution in [3.8, 4) is 56.7 Å². The third-order valence-electron chi connectivity index (χ3n) is 12.4. The number of hydrogen-bond acceptors (Lipinski definition) is 4. The quantitative estimate of drug-likeness (QED) is 0.168. The van der Waals surface area contributed by atoms with E-state index >= 15 is 0 Å². The van der Waals surface area contributed by atoms with Crippen molar-refractivity contribution in [3.63, 3.8) is 0 Å². The fourth-order valence-corrected chi connectivity index (χ4v) is 9.60. The predicted molar refractivity (Wildman–Crippen MR) is 258 cm³/mol. The van der Waals surface area contributed by atoms with Crippen molar-refractivity contribution in [2.24, 2.45) is 0 Å². The topological polar surface area (TPSA) is 61.7 Å². The van der Waals surface area contributed by atoms with Gasteiger partial charge < -0.3 is 13.6 Å². The van der Waals surface area contributed by atoms with Crippen molar-refractivity contribution in [1.29, 1.82) is 0 Å². The molecule has 0 aliphatic heterocycles. The summed E-state index contributed by atoms with van der Waals surface area (Å²) in [4.78, 5) is 15.5. The van der Waals surface area contributed by atoms with Crippen LogP contribution in [-0.4, -0.2) is 24.1 Å². The van der Waals surface area contributed by atoms with E-state index < -0.39 is 0 Å². The van der Waals surface area contributed by atoms with E-state index in [1.54, 1.807) is 0 Å². The summed E-state index contributed by atoms with van der Waals surface area (Å²) in [7, 11) is 0. The molecule has 0 bridgehead atoms. The van der Waals surface area contributed by atoms with E-state index in [1.165, 1.54) is 32.6 Å². The maximum Gasteiger partial charge on any atom is 0.164 e. The summed E-state index contributed by atoms with van der Waals surface area (Å²) in [5, 5.41) is 6.72. The minimum Gasteiger partial charge on any atom is -0.454 e. The maximum absolute atomic E-state index is 7.19. The Morgan fingerprint density at radius 3 is 1.59 bits per heavy atom. The normalized spacial score (nSPS) is 11.8. The second-order valence-corrected chi connectivity index (χ2v) is 16.0. The Morgan fingerprint density at radius 1 is 0.349 bits per heavy atom. The number of nitrogens with zero attached hydrogens (tertiary/aromatic N) is 5. The van der Waals surface area contributed by atoms with Gasteiger partial charge in [-0.25, -0.2) is 15.0 Å². The number of hydrogen-bond donors (Lipinski definition) is 0. The Bertz CT molecular complexity index is 3830. The number of rotatable bonds is 6. The van der Waals surface area contributed by atoms with Gasteiger partial charge in [-0.3, -0.25) is 0 Å². The number of aromatic nitrogens is 5. The van der Waals surface area contributed by atoms with Gasteiger partial charge in [-0.15, -0.1) is 0 Å². The average molecular weight is 806 g/mol. The first kappa shape index (κ1) is 35.2. The van der Waals surface area contributed by atoms with Gasteiger partial charge >= 0.3 is 0 Å². The van der Waals surface area contributed by atoms with Crippen molar-refractivity contribution < 1.29 is 4.42 Å². The largest absolute Gasteiger partial charge is 0.454 e. The van der Waals surface area contributed by atoms with Crippen LogP contribution in [0.25, 0.3) is 122 Å². The summed E-state index contributed by atoms with van der Waals surface area (Å²) in [6, 6.07) is 74.2. The number of fused-ring (bicyclic) bond motifs is 10. The average Bonchev–Trinajstić information content (AvgIpc) is 4.02. The molecule has 4 aromatic heterocycles. The fourth-order valence-electron chi connectivity index (χ4n) is 9.60. The van der Waals surface area contributed by atoms with Crippen LogP contribution in [0.15, 0.2) is 217 Å². The molecule has 0 atom stereocenters. The van der Waals surface area contributed by atoms with Crippen molar-refractivity contribution >= 4 is 65.6 Å². The van der Waals surface area contributed by atoms with Crippen LogP contribution in [-0.2, 0) is 0 Å². The molecule has 0 radical (unpaired) electrons. The minimum atomic E-state index is 0.576. The van der Waals surface area contributed by atoms with Gasteiger partial charge in [0.2, 0.25) is 0 Å². The van der Waals surface area contributed by atoms with E-state index in [4.69, 9.17) is 19.4 Å². The predicted octanol–water partition coefficient (Wildman–Crippen LogP) is 14.6. The lowest BCUT2D eigenvalue weighted by Gasteiger charge is -2.11. The minimum absolute atomic E-state index is 0.576. The van der Waals surface area contributed by atoms with E-state index in [1.807, 2.05) is 66.7 Å². The second kappa shape index (κ2) is 14.0. The van der Waals surface area contributed by atoms with Crippen LogP contribution >= 0.6 is 0 Å². The molecule has 9 aromatic carbocycles. The van der Waals surface area contributed by atoms with Gasteiger partial charge in [0.1, 0.15) is 5.58 Å². The highest BCUT2D eigenvalue weighted by Crippen LogP contribution is 2.45. The number of benzene rings is 9. The molecule has 0 saturated carbocycles. The molecule has 0 aliphatic rings. The first-order chi connectivity index (χ1) is 31.3. The Hall–Kier alpha value is -8.61. The van der Waals surface area contributed by atoms with Gasteiger partial charge in [0, 0.05) is 54.7 Å². The zero-order chi connectivity index (χ0) is 41.4. The molecular weight excluding hydrogens is 771 g/mol. The summed E-state index contributed by atoms with van der Waals surface area (Å²) in [6.45, 7) is 0. The number of para-hydroxylation sites is 4. The Kier molecular flexibility index (Phi) is 7.80. The van der Waals surface area contributed by atoms with Crippen molar-refractivity contribution in [1.82, 2.24) is 24.1 Å². The molecule has 63 heavy (non-hydrogen) atoms. The molecule has 4 heterocycles. The summed E-state index contributed by atoms with van der Waals surface area (Å²) in [5.41, 5.74) is 12.9. The lowest BCUT2D eigenvalue weighted by molar-refractivity contribution is 0.666. The highest BCUT2D eigenvalue weighted by atomic mass is 16.3. The zero-order valence-corrected chi connectivity index (χ0v) is 33.9. The monoisotopic (exact) mass is 805 g/mol. The first-order valence-electron chi connectivity index (χ1n) is 21.2. The van der Waals surface area contributed by atoms with E-state index in [-0.39, 0.29) is 0 Å². The fraction of sp³-hybridized carbons (Fsp3) is 0. The van der Waals surface area contributed by atoms with E-state index in [0.717, 1.165) is 72.2 Å². The van der Waals surface area contributed by atoms with E-state index in [9.17, 15) is 0 Å². The summed E-state index contributed by atoms with van der Waals surface area (Å²) >= 11 is 0. The van der Waals surface area contributed by atoms with Gasteiger partial charge in [0.15, 0.2) is 23.1 Å². The van der Waals surface area contributed by atoms with Crippen molar-refractivity contribution in [3.05, 3.63) is 212 Å². The second-order valence-electron chi connectivity index (χ2n) is 16.0. The summed E-state index contributed by atoms with van der Waals surface area (Å²) in [5.74, 6) is 1.79. The summed E-state index contributed by atoms with van der Waals surface area (Å²) in [6.07, 6.45) is 0. The molecular formula is C57H35N5O. The Morgan fingerprint density at radius 2 is 0.905 bits per heavy atom. The highest BCUT2D eigenvalue weighted by molar-refractivity contribution is 6.26. The lowest BCUT2D eigenvalue weighted by Crippen LogP contribution is -2.00. The lowest BCUT2D eigenvalue weighted by atomic mass is 9.98. The zero-order valence-electron chi connectivity index (χ0n) is 33.9. The number of furan rings is 1. The van der Waals surface area contributed by atoms with E-state index in [2.05, 4.69) is 155 Å². The highest BCUT2D eigenvalue weighted by Gasteiger charge is 2.25. The van der Waals surface area contributed by atoms with Crippen LogP contribution in [0, 0.1) is 0 Å². The molecule has 0 fully saturated rings. The van der Waals surface area contributed by atoms with Crippen LogP contribution in [0.2, 0.25) is 0 Å². The molecule has 6 nitrogen and oxygen atoms in total. The molecule has 0 saturated heterocycles. The molecule has 0 N–H and O–H groups in total. The van der Waals surface area contributed by atoms with Crippen LogP contribution < -0.4 is 0 Å². The van der Waals surface area contributed by atoms with Gasteiger partial charge in [-0.1, -0.05) is 164 Å². The molecule has 13 aromatic rings. The van der Waals surface area contributed by atoms with E-state index in [0.29, 0.717) is 17.5 Å². The SMILES string of the molecule is c1ccc(-c2cc(-c3nc(-c4ccccc4)nc(-c4ccccc4)n3)c3c(c2)oc2c(-n4c5ccccc5c5c4ccc4c6ccccc6n(-c6ccccc6)c45)cccc23)cc1. The van der Waals surface area contributed by atoms with Gasteiger partial charge in [-0.05, 0) is 59.7 Å². The third-order valence-corrected chi connectivity index (χ3v) is 12.4. The Labute approximate surface area is 361 Å². The van der Waals surface area contributed by atoms with Crippen LogP contribution in [0.4, 0.5) is 0 Å². The standard InChI is InChI=1S/C57H35N5O/c1-5-18-36(19-6-1)39-34-45(57-59-55(37-20-7-2-8-21-37)58-56(60-57)38-22-9-3-10-23-38)51-44-28-17-31-49(54(44)63-50(51)35-39)62-47-30-16-14-27-43(47)52-48(62)33-32-42-41-26-13-15-29-46(41)61(53(42)52)40-24-11-4-12-25-40/h1-35H. The van der Waals surface area contributed by atoms with Gasteiger partial charge in [0.25, 0.3) is 0 Å². The van der Waals surface area contributed by atoms with Gasteiger partial charge in [0.05, 0.1) is 27.8 Å². The molecule has 294 valence electrons. The molecule has 0 amide bonds. The smallest absolute Gasteiger partial charge is 0.164 e. The van der Waals surface area contributed by atoms with Crippen LogP contribution in [0.1, 0.15) is 0 Å². The Balaban J connectivity index is 1.12. The molecule has 0 aliphatic carbocycles. The first-order valence-corrected chi connectivity index (χ1v) is 21.2. The van der Waals surface area contributed by atoms with Crippen LogP contribution in [0.3, 0.4) is 0 Å². The van der Waals surface area contributed by atoms with Crippen molar-refractivity contribution in [2.75, 3.05) is 0 Å². The molecule has 0 unspecified atom stereocenters. The summed E-state index contributed by atoms with van der Waals surface area (Å²) < 4.78 is 12.0. The van der Waals surface area contributed by atoms with Crippen LogP contribution in [0.5, 0.6) is 0 Å². The molecule has 0 spiro atoms.